The van der Waals surface area contributed by atoms with E-state index in [0.717, 1.165) is 24.4 Å². The zero-order valence-corrected chi connectivity index (χ0v) is 18.7. The number of nitrogens with zero attached hydrogens (tertiary/aromatic N) is 3. The second-order valence-corrected chi connectivity index (χ2v) is 7.65. The molecular formula is C24H17F6N3O3. The Morgan fingerprint density at radius 2 is 1.64 bits per heavy atom. The van der Waals surface area contributed by atoms with Gasteiger partial charge in [0.25, 0.3) is 0 Å². The first-order chi connectivity index (χ1) is 16.9. The maximum absolute atomic E-state index is 13.9. The Morgan fingerprint density at radius 3 is 2.31 bits per heavy atom. The number of halogens is 6. The number of alkyl halides is 6. The monoisotopic (exact) mass is 509 g/mol. The molecule has 0 fully saturated rings. The molecule has 2 aromatic heterocycles. The molecule has 0 amide bonds. The van der Waals surface area contributed by atoms with Crippen molar-refractivity contribution in [2.75, 3.05) is 7.11 Å². The van der Waals surface area contributed by atoms with E-state index in [9.17, 15) is 31.1 Å². The van der Waals surface area contributed by atoms with E-state index in [1.54, 1.807) is 12.1 Å². The summed E-state index contributed by atoms with van der Waals surface area (Å²) in [6.45, 7) is 1.23. The highest BCUT2D eigenvalue weighted by Crippen LogP contribution is 2.37. The lowest BCUT2D eigenvalue weighted by Gasteiger charge is -2.18. The van der Waals surface area contributed by atoms with Gasteiger partial charge in [0.1, 0.15) is 17.4 Å². The van der Waals surface area contributed by atoms with Crippen LogP contribution in [0.2, 0.25) is 0 Å². The molecule has 36 heavy (non-hydrogen) atoms. The first-order valence-corrected chi connectivity index (χ1v) is 10.4. The Balaban J connectivity index is 1.80. The van der Waals surface area contributed by atoms with Crippen molar-refractivity contribution in [1.29, 1.82) is 0 Å². The molecule has 1 atom stereocenters. The summed E-state index contributed by atoms with van der Waals surface area (Å²) in [4.78, 5) is 17.1. The van der Waals surface area contributed by atoms with Gasteiger partial charge in [-0.2, -0.15) is 31.4 Å². The van der Waals surface area contributed by atoms with Gasteiger partial charge in [-0.15, -0.1) is 0 Å². The lowest BCUT2D eigenvalue weighted by atomic mass is 10.0. The van der Waals surface area contributed by atoms with Crippen LogP contribution in [0.15, 0.2) is 60.8 Å². The second-order valence-electron chi connectivity index (χ2n) is 7.65. The molecule has 0 saturated carbocycles. The van der Waals surface area contributed by atoms with Gasteiger partial charge in [-0.05, 0) is 31.2 Å². The van der Waals surface area contributed by atoms with Gasteiger partial charge in [0.05, 0.1) is 24.6 Å². The number of methoxy groups -OCH3 is 1. The number of hydrogen-bond donors (Lipinski definition) is 0. The summed E-state index contributed by atoms with van der Waals surface area (Å²) in [5, 5.41) is 3.64. The number of benzene rings is 2. The van der Waals surface area contributed by atoms with Crippen molar-refractivity contribution in [1.82, 2.24) is 14.6 Å². The van der Waals surface area contributed by atoms with Gasteiger partial charge in [-0.25, -0.2) is 14.3 Å². The highest BCUT2D eigenvalue weighted by Gasteiger charge is 2.37. The van der Waals surface area contributed by atoms with E-state index in [0.29, 0.717) is 4.52 Å². The van der Waals surface area contributed by atoms with Gasteiger partial charge in [-0.3, -0.25) is 0 Å². The number of hydrogen-bond acceptors (Lipinski definition) is 5. The fourth-order valence-electron chi connectivity index (χ4n) is 3.70. The largest absolute Gasteiger partial charge is 0.496 e. The van der Waals surface area contributed by atoms with Crippen LogP contribution in [-0.4, -0.2) is 27.7 Å². The molecule has 6 nitrogen and oxygen atoms in total. The Labute approximate surface area is 200 Å². The predicted octanol–water partition coefficient (Wildman–Crippen LogP) is 6.36. The number of fused-ring (bicyclic) bond motifs is 1. The quantitative estimate of drug-likeness (QED) is 0.231. The summed E-state index contributed by atoms with van der Waals surface area (Å²) < 4.78 is 92.5. The van der Waals surface area contributed by atoms with E-state index in [-0.39, 0.29) is 22.6 Å². The van der Waals surface area contributed by atoms with Crippen molar-refractivity contribution in [3.05, 3.63) is 83.2 Å². The number of rotatable bonds is 5. The van der Waals surface area contributed by atoms with Crippen LogP contribution in [0.5, 0.6) is 5.75 Å². The molecule has 0 saturated heterocycles. The third-order valence-electron chi connectivity index (χ3n) is 5.35. The minimum Gasteiger partial charge on any atom is -0.496 e. The molecule has 1 unspecified atom stereocenters. The molecule has 4 aromatic rings. The highest BCUT2D eigenvalue weighted by molar-refractivity contribution is 5.96. The number of ether oxygens (including phenoxy) is 2. The van der Waals surface area contributed by atoms with Gasteiger partial charge < -0.3 is 9.47 Å². The van der Waals surface area contributed by atoms with Crippen LogP contribution in [0.3, 0.4) is 0 Å². The summed E-state index contributed by atoms with van der Waals surface area (Å²) in [6.07, 6.45) is -10.1. The van der Waals surface area contributed by atoms with Crippen LogP contribution in [0.1, 0.15) is 40.2 Å². The van der Waals surface area contributed by atoms with Crippen molar-refractivity contribution in [2.45, 2.75) is 25.4 Å². The van der Waals surface area contributed by atoms with Gasteiger partial charge >= 0.3 is 18.3 Å². The highest BCUT2D eigenvalue weighted by atomic mass is 19.4. The molecule has 12 heteroatoms. The molecule has 4 rings (SSSR count). The van der Waals surface area contributed by atoms with Crippen LogP contribution in [0, 0.1) is 0 Å². The van der Waals surface area contributed by atoms with Gasteiger partial charge in [0, 0.05) is 11.1 Å². The molecule has 2 aromatic carbocycles. The summed E-state index contributed by atoms with van der Waals surface area (Å²) in [5.41, 5.74) is -3.39. The first kappa shape index (κ1) is 25.0. The molecule has 0 aliphatic carbocycles. The van der Waals surface area contributed by atoms with Crippen molar-refractivity contribution >= 4 is 11.6 Å². The van der Waals surface area contributed by atoms with Crippen LogP contribution >= 0.6 is 0 Å². The molecule has 188 valence electrons. The summed E-state index contributed by atoms with van der Waals surface area (Å²) in [5.74, 6) is -0.948. The summed E-state index contributed by atoms with van der Waals surface area (Å²) >= 11 is 0. The molecule has 0 bridgehead atoms. The summed E-state index contributed by atoms with van der Waals surface area (Å²) in [6, 6.07) is 11.5. The van der Waals surface area contributed by atoms with Gasteiger partial charge in [-0.1, -0.05) is 30.3 Å². The van der Waals surface area contributed by atoms with Crippen LogP contribution in [-0.2, 0) is 17.1 Å². The van der Waals surface area contributed by atoms with E-state index in [1.807, 2.05) is 0 Å². The van der Waals surface area contributed by atoms with Crippen LogP contribution < -0.4 is 4.74 Å². The topological polar surface area (TPSA) is 65.7 Å². The minimum atomic E-state index is -4.87. The standard InChI is InChI=1S/C24H17F6N3O3/c1-13(14-7-3-5-9-17(14)23(25,26)27)36-22(34)16-12-31-33-20(24(28,29)30)11-18(32-21(16)33)15-8-4-6-10-19(15)35-2/h3-13H,1-2H3. The fourth-order valence-corrected chi connectivity index (χ4v) is 3.70. The maximum Gasteiger partial charge on any atom is 0.433 e. The molecule has 0 N–H and O–H groups in total. The number of carbonyl (C=O) groups excluding carboxylic acids is 1. The maximum atomic E-state index is 13.9. The first-order valence-electron chi connectivity index (χ1n) is 10.4. The van der Waals surface area contributed by atoms with Crippen molar-refractivity contribution < 1.29 is 40.6 Å². The number of carbonyl (C=O) groups is 1. The van der Waals surface area contributed by atoms with E-state index >= 15 is 0 Å². The van der Waals surface area contributed by atoms with Gasteiger partial charge in [0.15, 0.2) is 11.3 Å². The zero-order valence-electron chi connectivity index (χ0n) is 18.7. The van der Waals surface area contributed by atoms with E-state index in [2.05, 4.69) is 10.1 Å². The fraction of sp³-hybridized carbons (Fsp3) is 0.208. The van der Waals surface area contributed by atoms with E-state index in [1.165, 1.54) is 38.3 Å². The SMILES string of the molecule is COc1ccccc1-c1cc(C(F)(F)F)n2ncc(C(=O)OC(C)c3ccccc3C(F)(F)F)c2n1. The Bertz CT molecular complexity index is 1430. The van der Waals surface area contributed by atoms with Crippen LogP contribution in [0.25, 0.3) is 16.9 Å². The van der Waals surface area contributed by atoms with Crippen molar-refractivity contribution in [3.8, 4) is 17.0 Å². The Hall–Kier alpha value is -4.09. The lowest BCUT2D eigenvalue weighted by Crippen LogP contribution is -2.16. The normalized spacial score (nSPS) is 13.0. The third kappa shape index (κ3) is 4.70. The average Bonchev–Trinajstić information content (AvgIpc) is 3.26. The number of esters is 1. The lowest BCUT2D eigenvalue weighted by molar-refractivity contribution is -0.142. The molecule has 0 aliphatic rings. The second kappa shape index (κ2) is 9.17. The molecule has 2 heterocycles. The number of aromatic nitrogens is 3. The van der Waals surface area contributed by atoms with Gasteiger partial charge in [0.2, 0.25) is 0 Å². The molecular weight excluding hydrogens is 492 g/mol. The van der Waals surface area contributed by atoms with Crippen LogP contribution in [0.4, 0.5) is 26.3 Å². The Morgan fingerprint density at radius 1 is 0.972 bits per heavy atom. The van der Waals surface area contributed by atoms with E-state index in [4.69, 9.17) is 9.47 Å². The zero-order chi connectivity index (χ0) is 26.3. The summed E-state index contributed by atoms with van der Waals surface area (Å²) in [7, 11) is 1.34. The van der Waals surface area contributed by atoms with Crippen molar-refractivity contribution in [3.63, 3.8) is 0 Å². The Kier molecular flexibility index (Phi) is 6.37. The smallest absolute Gasteiger partial charge is 0.433 e. The molecule has 0 spiro atoms. The van der Waals surface area contributed by atoms with E-state index < -0.39 is 46.9 Å². The number of para-hydroxylation sites is 1. The third-order valence-corrected chi connectivity index (χ3v) is 5.35. The minimum absolute atomic E-state index is 0.155. The predicted molar refractivity (Wildman–Crippen MR) is 115 cm³/mol. The molecule has 0 aliphatic heterocycles. The van der Waals surface area contributed by atoms with Crippen molar-refractivity contribution in [2.24, 2.45) is 0 Å². The molecule has 0 radical (unpaired) electrons. The average molecular weight is 509 g/mol.